The average Bonchev–Trinajstić information content (AvgIpc) is 3.06. The summed E-state index contributed by atoms with van der Waals surface area (Å²) in [6.07, 6.45) is 0. The summed E-state index contributed by atoms with van der Waals surface area (Å²) < 4.78 is 10.6. The Morgan fingerprint density at radius 1 is 0.963 bits per heavy atom. The number of benzene rings is 2. The maximum Gasteiger partial charge on any atom is 0.244 e. The summed E-state index contributed by atoms with van der Waals surface area (Å²) in [6, 6.07) is 11.8. The summed E-state index contributed by atoms with van der Waals surface area (Å²) in [4.78, 5) is 36.9. The van der Waals surface area contributed by atoms with Crippen LogP contribution in [0.4, 0.5) is 17.1 Å². The van der Waals surface area contributed by atoms with Gasteiger partial charge in [0.05, 0.1) is 0 Å². The van der Waals surface area contributed by atoms with Crippen LogP contribution in [-0.4, -0.2) is 31.1 Å². The molecule has 140 valence electrons. The summed E-state index contributed by atoms with van der Waals surface area (Å²) in [5.74, 6) is 0.270. The van der Waals surface area contributed by atoms with Gasteiger partial charge in [-0.1, -0.05) is 6.07 Å². The van der Waals surface area contributed by atoms with Crippen molar-refractivity contribution >= 4 is 34.8 Å². The molecule has 2 N–H and O–H groups in total. The van der Waals surface area contributed by atoms with Crippen molar-refractivity contribution in [1.82, 2.24) is 0 Å². The van der Waals surface area contributed by atoms with E-state index in [1.165, 1.54) is 18.7 Å². The molecule has 3 rings (SSSR count). The number of rotatable bonds is 5. The number of anilines is 3. The largest absolute Gasteiger partial charge is 0.454 e. The van der Waals surface area contributed by atoms with Gasteiger partial charge in [0, 0.05) is 37.0 Å². The van der Waals surface area contributed by atoms with E-state index in [2.05, 4.69) is 10.6 Å². The number of hydrogen-bond acceptors (Lipinski definition) is 5. The van der Waals surface area contributed by atoms with Gasteiger partial charge >= 0.3 is 0 Å². The first-order valence-corrected chi connectivity index (χ1v) is 8.27. The number of amides is 3. The molecule has 0 saturated carbocycles. The fourth-order valence-electron chi connectivity index (χ4n) is 2.66. The molecule has 0 unspecified atom stereocenters. The molecule has 0 radical (unpaired) electrons. The van der Waals surface area contributed by atoms with E-state index in [0.29, 0.717) is 28.6 Å². The van der Waals surface area contributed by atoms with Gasteiger partial charge in [0.1, 0.15) is 6.54 Å². The van der Waals surface area contributed by atoms with Crippen LogP contribution in [0.5, 0.6) is 11.5 Å². The number of carbonyl (C=O) groups excluding carboxylic acids is 3. The van der Waals surface area contributed by atoms with E-state index < -0.39 is 0 Å². The number of nitrogens with zero attached hydrogens (tertiary/aromatic N) is 1. The van der Waals surface area contributed by atoms with E-state index in [4.69, 9.17) is 9.47 Å². The predicted octanol–water partition coefficient (Wildman–Crippen LogP) is 2.37. The van der Waals surface area contributed by atoms with Crippen LogP contribution in [0.3, 0.4) is 0 Å². The quantitative estimate of drug-likeness (QED) is 0.843. The van der Waals surface area contributed by atoms with Crippen molar-refractivity contribution in [1.29, 1.82) is 0 Å². The summed E-state index contributed by atoms with van der Waals surface area (Å²) in [5, 5.41) is 5.37. The lowest BCUT2D eigenvalue weighted by Gasteiger charge is -2.21. The van der Waals surface area contributed by atoms with Gasteiger partial charge in [0.15, 0.2) is 11.5 Å². The van der Waals surface area contributed by atoms with Crippen LogP contribution < -0.4 is 25.0 Å². The topological polar surface area (TPSA) is 97.0 Å². The third-order valence-corrected chi connectivity index (χ3v) is 3.82. The lowest BCUT2D eigenvalue weighted by Crippen LogP contribution is -2.36. The zero-order chi connectivity index (χ0) is 19.4. The van der Waals surface area contributed by atoms with Crippen molar-refractivity contribution in [2.24, 2.45) is 0 Å². The van der Waals surface area contributed by atoms with Crippen LogP contribution in [0.25, 0.3) is 0 Å². The standard InChI is InChI=1S/C19H19N3O5/c1-12(23)20-14-4-3-5-15(8-14)21-19(25)10-22(13(2)24)16-6-7-17-18(9-16)27-11-26-17/h3-9H,10-11H2,1-2H3,(H,20,23)(H,21,25). The molecule has 27 heavy (non-hydrogen) atoms. The highest BCUT2D eigenvalue weighted by Gasteiger charge is 2.20. The number of ether oxygens (including phenoxy) is 2. The van der Waals surface area contributed by atoms with E-state index in [0.717, 1.165) is 0 Å². The highest BCUT2D eigenvalue weighted by molar-refractivity contribution is 6.02. The van der Waals surface area contributed by atoms with Crippen molar-refractivity contribution in [2.45, 2.75) is 13.8 Å². The number of fused-ring (bicyclic) bond motifs is 1. The van der Waals surface area contributed by atoms with Crippen molar-refractivity contribution in [3.8, 4) is 11.5 Å². The first-order chi connectivity index (χ1) is 12.9. The van der Waals surface area contributed by atoms with Crippen molar-refractivity contribution < 1.29 is 23.9 Å². The smallest absolute Gasteiger partial charge is 0.244 e. The van der Waals surface area contributed by atoms with Crippen LogP contribution in [-0.2, 0) is 14.4 Å². The highest BCUT2D eigenvalue weighted by atomic mass is 16.7. The second kappa shape index (κ2) is 7.77. The first-order valence-electron chi connectivity index (χ1n) is 8.27. The van der Waals surface area contributed by atoms with Crippen LogP contribution in [0.15, 0.2) is 42.5 Å². The lowest BCUT2D eigenvalue weighted by molar-refractivity contribution is -0.120. The van der Waals surface area contributed by atoms with Gasteiger partial charge in [-0.15, -0.1) is 0 Å². The molecule has 0 atom stereocenters. The van der Waals surface area contributed by atoms with Gasteiger partial charge in [0.2, 0.25) is 24.5 Å². The van der Waals surface area contributed by atoms with Crippen molar-refractivity contribution in [2.75, 3.05) is 28.9 Å². The number of carbonyl (C=O) groups is 3. The van der Waals surface area contributed by atoms with Crippen LogP contribution in [0, 0.1) is 0 Å². The normalized spacial score (nSPS) is 11.6. The van der Waals surface area contributed by atoms with Crippen LogP contribution >= 0.6 is 0 Å². The van der Waals surface area contributed by atoms with Gasteiger partial charge in [-0.25, -0.2) is 0 Å². The molecule has 0 saturated heterocycles. The predicted molar refractivity (Wildman–Crippen MR) is 100.0 cm³/mol. The molecular formula is C19H19N3O5. The van der Waals surface area contributed by atoms with E-state index in [-0.39, 0.29) is 31.1 Å². The molecule has 0 aromatic heterocycles. The Morgan fingerprint density at radius 3 is 2.37 bits per heavy atom. The fourth-order valence-corrected chi connectivity index (χ4v) is 2.66. The molecule has 8 nitrogen and oxygen atoms in total. The summed E-state index contributed by atoms with van der Waals surface area (Å²) in [5.41, 5.74) is 1.62. The fraction of sp³-hybridized carbons (Fsp3) is 0.211. The molecule has 0 aliphatic carbocycles. The van der Waals surface area contributed by atoms with E-state index in [9.17, 15) is 14.4 Å². The van der Waals surface area contributed by atoms with E-state index in [1.807, 2.05) is 0 Å². The molecular weight excluding hydrogens is 350 g/mol. The molecule has 3 amide bonds. The monoisotopic (exact) mass is 369 g/mol. The maximum atomic E-state index is 12.4. The molecule has 8 heteroatoms. The minimum Gasteiger partial charge on any atom is -0.454 e. The second-order valence-electron chi connectivity index (χ2n) is 5.95. The van der Waals surface area contributed by atoms with Crippen LogP contribution in [0.1, 0.15) is 13.8 Å². The van der Waals surface area contributed by atoms with E-state index >= 15 is 0 Å². The van der Waals surface area contributed by atoms with Crippen molar-refractivity contribution in [3.05, 3.63) is 42.5 Å². The minimum atomic E-state index is -0.372. The Hall–Kier alpha value is -3.55. The Labute approximate surface area is 156 Å². The maximum absolute atomic E-state index is 12.4. The van der Waals surface area contributed by atoms with Gasteiger partial charge in [0.25, 0.3) is 0 Å². The molecule has 1 aliphatic heterocycles. The minimum absolute atomic E-state index is 0.129. The number of nitrogens with one attached hydrogen (secondary N) is 2. The Bertz CT molecular complexity index is 897. The summed E-state index contributed by atoms with van der Waals surface area (Å²) >= 11 is 0. The zero-order valence-electron chi connectivity index (χ0n) is 14.9. The van der Waals surface area contributed by atoms with Gasteiger partial charge in [-0.05, 0) is 30.3 Å². The third-order valence-electron chi connectivity index (χ3n) is 3.82. The average molecular weight is 369 g/mol. The zero-order valence-corrected chi connectivity index (χ0v) is 14.9. The molecule has 0 fully saturated rings. The number of hydrogen-bond donors (Lipinski definition) is 2. The molecule has 1 aliphatic rings. The summed E-state index contributed by atoms with van der Waals surface area (Å²) in [7, 11) is 0. The van der Waals surface area contributed by atoms with Gasteiger partial charge in [-0.3, -0.25) is 14.4 Å². The summed E-state index contributed by atoms with van der Waals surface area (Å²) in [6.45, 7) is 2.75. The Morgan fingerprint density at radius 2 is 1.67 bits per heavy atom. The SMILES string of the molecule is CC(=O)Nc1cccc(NC(=O)CN(C(C)=O)c2ccc3c(c2)OCO3)c1. The highest BCUT2D eigenvalue weighted by Crippen LogP contribution is 2.35. The Balaban J connectivity index is 1.71. The van der Waals surface area contributed by atoms with Crippen molar-refractivity contribution in [3.63, 3.8) is 0 Å². The van der Waals surface area contributed by atoms with Gasteiger partial charge in [-0.2, -0.15) is 0 Å². The molecule has 2 aromatic rings. The van der Waals surface area contributed by atoms with Crippen LogP contribution in [0.2, 0.25) is 0 Å². The molecule has 1 heterocycles. The molecule has 2 aromatic carbocycles. The molecule has 0 spiro atoms. The lowest BCUT2D eigenvalue weighted by atomic mass is 10.2. The molecule has 0 bridgehead atoms. The van der Waals surface area contributed by atoms with E-state index in [1.54, 1.807) is 42.5 Å². The second-order valence-corrected chi connectivity index (χ2v) is 5.95. The Kier molecular flexibility index (Phi) is 5.25. The van der Waals surface area contributed by atoms with Gasteiger partial charge < -0.3 is 25.0 Å². The first kappa shape index (κ1) is 18.2. The third kappa shape index (κ3) is 4.55.